The number of carbonyl (C=O) groups is 1. The van der Waals surface area contributed by atoms with Crippen molar-refractivity contribution in [3.63, 3.8) is 0 Å². The van der Waals surface area contributed by atoms with Gasteiger partial charge in [0.1, 0.15) is 0 Å². The first kappa shape index (κ1) is 15.9. The summed E-state index contributed by atoms with van der Waals surface area (Å²) in [6.45, 7) is 3.66. The summed E-state index contributed by atoms with van der Waals surface area (Å²) in [6, 6.07) is 5.75. The average molecular weight is 306 g/mol. The molecule has 0 spiro atoms. The second-order valence-electron chi connectivity index (χ2n) is 5.02. The Balaban J connectivity index is 1.96. The zero-order chi connectivity index (χ0) is 15.9. The van der Waals surface area contributed by atoms with E-state index < -0.39 is 0 Å². The molecular formula is C15H22N4O3. The number of fused-ring (bicyclic) bond motifs is 1. The first-order chi connectivity index (χ1) is 10.6. The van der Waals surface area contributed by atoms with Crippen LogP contribution in [0.2, 0.25) is 0 Å². The molecule has 2 N–H and O–H groups in total. The number of hydrogen-bond donors (Lipinski definition) is 2. The number of rotatable bonds is 5. The molecule has 7 heteroatoms. The fourth-order valence-electron chi connectivity index (χ4n) is 1.87. The lowest BCUT2D eigenvalue weighted by Gasteiger charge is -2.14. The summed E-state index contributed by atoms with van der Waals surface area (Å²) in [4.78, 5) is 17.6. The lowest BCUT2D eigenvalue weighted by molar-refractivity contribution is -0.127. The molecule has 0 aliphatic carbocycles. The highest BCUT2D eigenvalue weighted by Crippen LogP contribution is 2.32. The summed E-state index contributed by atoms with van der Waals surface area (Å²) in [5.74, 6) is 2.10. The van der Waals surface area contributed by atoms with E-state index in [1.54, 1.807) is 14.1 Å². The normalized spacial score (nSPS) is 13.0. The molecule has 0 saturated carbocycles. The number of amides is 1. The standard InChI is InChI=1S/C15H22N4O3/c1-4-16-15(18-9-14(20)19(2)3)17-8-11-5-6-12-13(7-11)22-10-21-12/h5-7H,4,8-10H2,1-3H3,(H2,16,17,18). The van der Waals surface area contributed by atoms with E-state index >= 15 is 0 Å². The van der Waals surface area contributed by atoms with Gasteiger partial charge in [0.05, 0.1) is 13.1 Å². The fourth-order valence-corrected chi connectivity index (χ4v) is 1.87. The van der Waals surface area contributed by atoms with Gasteiger partial charge >= 0.3 is 0 Å². The van der Waals surface area contributed by atoms with Crippen LogP contribution in [0.1, 0.15) is 12.5 Å². The van der Waals surface area contributed by atoms with E-state index in [1.807, 2.05) is 25.1 Å². The topological polar surface area (TPSA) is 75.2 Å². The zero-order valence-electron chi connectivity index (χ0n) is 13.2. The van der Waals surface area contributed by atoms with Gasteiger partial charge in [-0.3, -0.25) is 4.79 Å². The van der Waals surface area contributed by atoms with E-state index in [9.17, 15) is 4.79 Å². The molecule has 2 rings (SSSR count). The lowest BCUT2D eigenvalue weighted by atomic mass is 10.2. The Hall–Kier alpha value is -2.44. The number of guanidine groups is 1. The molecule has 0 unspecified atom stereocenters. The molecular weight excluding hydrogens is 284 g/mol. The van der Waals surface area contributed by atoms with Crippen LogP contribution in [0.15, 0.2) is 23.2 Å². The molecule has 7 nitrogen and oxygen atoms in total. The average Bonchev–Trinajstić information content (AvgIpc) is 2.97. The smallest absolute Gasteiger partial charge is 0.241 e. The molecule has 22 heavy (non-hydrogen) atoms. The number of hydrogen-bond acceptors (Lipinski definition) is 4. The van der Waals surface area contributed by atoms with E-state index in [1.165, 1.54) is 4.90 Å². The van der Waals surface area contributed by atoms with E-state index in [0.29, 0.717) is 12.5 Å². The number of nitrogens with one attached hydrogen (secondary N) is 2. The van der Waals surface area contributed by atoms with Gasteiger partial charge in [-0.2, -0.15) is 0 Å². The lowest BCUT2D eigenvalue weighted by Crippen LogP contribution is -2.42. The molecule has 1 aromatic carbocycles. The molecule has 1 aromatic rings. The van der Waals surface area contributed by atoms with Crippen molar-refractivity contribution in [2.45, 2.75) is 13.5 Å². The van der Waals surface area contributed by atoms with Crippen molar-refractivity contribution in [2.75, 3.05) is 34.0 Å². The van der Waals surface area contributed by atoms with Crippen LogP contribution < -0.4 is 20.1 Å². The van der Waals surface area contributed by atoms with Gasteiger partial charge in [-0.1, -0.05) is 6.07 Å². The summed E-state index contributed by atoms with van der Waals surface area (Å²) in [5, 5.41) is 6.13. The van der Waals surface area contributed by atoms with Crippen molar-refractivity contribution in [1.82, 2.24) is 15.5 Å². The predicted octanol–water partition coefficient (Wildman–Crippen LogP) is 0.559. The molecule has 0 fully saturated rings. The molecule has 0 aromatic heterocycles. The highest BCUT2D eigenvalue weighted by molar-refractivity contribution is 5.86. The van der Waals surface area contributed by atoms with Gasteiger partial charge in [-0.25, -0.2) is 4.99 Å². The van der Waals surface area contributed by atoms with E-state index in [2.05, 4.69) is 15.6 Å². The molecule has 0 radical (unpaired) electrons. The van der Waals surface area contributed by atoms with Gasteiger partial charge in [0.15, 0.2) is 17.5 Å². The quantitative estimate of drug-likeness (QED) is 0.614. The number of aliphatic imine (C=N–C) groups is 1. The Bertz CT molecular complexity index is 558. The predicted molar refractivity (Wildman–Crippen MR) is 84.1 cm³/mol. The Morgan fingerprint density at radius 3 is 2.77 bits per heavy atom. The molecule has 1 heterocycles. The minimum Gasteiger partial charge on any atom is -0.454 e. The fraction of sp³-hybridized carbons (Fsp3) is 0.467. The van der Waals surface area contributed by atoms with Gasteiger partial charge in [0.25, 0.3) is 0 Å². The monoisotopic (exact) mass is 306 g/mol. The summed E-state index contributed by atoms with van der Waals surface area (Å²) in [6.07, 6.45) is 0. The van der Waals surface area contributed by atoms with Crippen molar-refractivity contribution >= 4 is 11.9 Å². The largest absolute Gasteiger partial charge is 0.454 e. The van der Waals surface area contributed by atoms with Crippen molar-refractivity contribution in [1.29, 1.82) is 0 Å². The first-order valence-electron chi connectivity index (χ1n) is 7.21. The molecule has 0 bridgehead atoms. The van der Waals surface area contributed by atoms with Crippen LogP contribution in [0.25, 0.3) is 0 Å². The van der Waals surface area contributed by atoms with E-state index in [4.69, 9.17) is 9.47 Å². The van der Waals surface area contributed by atoms with Crippen molar-refractivity contribution < 1.29 is 14.3 Å². The second-order valence-corrected chi connectivity index (χ2v) is 5.02. The number of likely N-dealkylation sites (N-methyl/N-ethyl adjacent to an activating group) is 1. The Morgan fingerprint density at radius 1 is 1.27 bits per heavy atom. The molecule has 1 aliphatic rings. The van der Waals surface area contributed by atoms with Gasteiger partial charge in [-0.15, -0.1) is 0 Å². The van der Waals surface area contributed by atoms with Crippen LogP contribution in [0.4, 0.5) is 0 Å². The maximum atomic E-state index is 11.6. The van der Waals surface area contributed by atoms with Crippen LogP contribution in [-0.2, 0) is 11.3 Å². The van der Waals surface area contributed by atoms with Gasteiger partial charge in [0, 0.05) is 20.6 Å². The van der Waals surface area contributed by atoms with Crippen LogP contribution in [0.3, 0.4) is 0 Å². The number of ether oxygens (including phenoxy) is 2. The Labute approximate surface area is 130 Å². The number of benzene rings is 1. The summed E-state index contributed by atoms with van der Waals surface area (Å²) in [7, 11) is 3.45. The Morgan fingerprint density at radius 2 is 2.05 bits per heavy atom. The van der Waals surface area contributed by atoms with Crippen LogP contribution in [0.5, 0.6) is 11.5 Å². The van der Waals surface area contributed by atoms with Crippen molar-refractivity contribution in [3.8, 4) is 11.5 Å². The van der Waals surface area contributed by atoms with Crippen molar-refractivity contribution in [2.24, 2.45) is 4.99 Å². The maximum Gasteiger partial charge on any atom is 0.241 e. The van der Waals surface area contributed by atoms with Gasteiger partial charge < -0.3 is 25.0 Å². The first-order valence-corrected chi connectivity index (χ1v) is 7.21. The third-order valence-corrected chi connectivity index (χ3v) is 3.11. The molecule has 1 amide bonds. The molecule has 0 saturated heterocycles. The molecule has 1 aliphatic heterocycles. The Kier molecular flexibility index (Phi) is 5.46. The van der Waals surface area contributed by atoms with Gasteiger partial charge in [-0.05, 0) is 24.6 Å². The maximum absolute atomic E-state index is 11.6. The van der Waals surface area contributed by atoms with Gasteiger partial charge in [0.2, 0.25) is 12.7 Å². The molecule has 120 valence electrons. The van der Waals surface area contributed by atoms with E-state index in [0.717, 1.165) is 23.6 Å². The second kappa shape index (κ2) is 7.53. The third-order valence-electron chi connectivity index (χ3n) is 3.11. The van der Waals surface area contributed by atoms with Crippen LogP contribution in [-0.4, -0.2) is 50.7 Å². The minimum atomic E-state index is -0.00585. The van der Waals surface area contributed by atoms with E-state index in [-0.39, 0.29) is 19.2 Å². The summed E-state index contributed by atoms with van der Waals surface area (Å²) < 4.78 is 10.6. The van der Waals surface area contributed by atoms with Crippen LogP contribution in [0, 0.1) is 0 Å². The molecule has 0 atom stereocenters. The van der Waals surface area contributed by atoms with Crippen molar-refractivity contribution in [3.05, 3.63) is 23.8 Å². The zero-order valence-corrected chi connectivity index (χ0v) is 13.2. The minimum absolute atomic E-state index is 0.00585. The highest BCUT2D eigenvalue weighted by Gasteiger charge is 2.13. The highest BCUT2D eigenvalue weighted by atomic mass is 16.7. The summed E-state index contributed by atoms with van der Waals surface area (Å²) >= 11 is 0. The third kappa shape index (κ3) is 4.28. The number of nitrogens with zero attached hydrogens (tertiary/aromatic N) is 2. The number of carbonyl (C=O) groups excluding carboxylic acids is 1. The summed E-state index contributed by atoms with van der Waals surface area (Å²) in [5.41, 5.74) is 1.01. The van der Waals surface area contributed by atoms with Crippen LogP contribution >= 0.6 is 0 Å². The SMILES string of the molecule is CCNC(=NCc1ccc2c(c1)OCO2)NCC(=O)N(C)C.